The first-order valence-electron chi connectivity index (χ1n) is 7.28. The molecule has 0 radical (unpaired) electrons. The van der Waals surface area contributed by atoms with Gasteiger partial charge in [0, 0.05) is 4.47 Å². The molecule has 0 spiro atoms. The maximum atomic E-state index is 13.8. The Balaban J connectivity index is 2.49. The highest BCUT2D eigenvalue weighted by Crippen LogP contribution is 2.30. The van der Waals surface area contributed by atoms with Crippen molar-refractivity contribution in [3.63, 3.8) is 0 Å². The SMILES string of the molecule is CCCNC(c1cc(C)cc(F)c1)c1cccc(Br)c1C. The van der Waals surface area contributed by atoms with Gasteiger partial charge in [-0.1, -0.05) is 41.1 Å². The average molecular weight is 350 g/mol. The first-order chi connectivity index (χ1) is 10.0. The van der Waals surface area contributed by atoms with Crippen LogP contribution >= 0.6 is 15.9 Å². The molecule has 112 valence electrons. The third-order valence-corrected chi connectivity index (χ3v) is 4.48. The number of rotatable bonds is 5. The van der Waals surface area contributed by atoms with Crippen LogP contribution in [0, 0.1) is 19.7 Å². The van der Waals surface area contributed by atoms with Gasteiger partial charge in [0.15, 0.2) is 0 Å². The maximum absolute atomic E-state index is 13.8. The summed E-state index contributed by atoms with van der Waals surface area (Å²) in [5.74, 6) is -0.180. The van der Waals surface area contributed by atoms with Crippen LogP contribution in [-0.2, 0) is 0 Å². The van der Waals surface area contributed by atoms with Crippen LogP contribution in [0.2, 0.25) is 0 Å². The van der Waals surface area contributed by atoms with Gasteiger partial charge in [0.2, 0.25) is 0 Å². The lowest BCUT2D eigenvalue weighted by molar-refractivity contribution is 0.582. The summed E-state index contributed by atoms with van der Waals surface area (Å²) in [5.41, 5.74) is 4.29. The van der Waals surface area contributed by atoms with Gasteiger partial charge >= 0.3 is 0 Å². The highest BCUT2D eigenvalue weighted by molar-refractivity contribution is 9.10. The fourth-order valence-corrected chi connectivity index (χ4v) is 2.95. The molecule has 0 aromatic heterocycles. The number of nitrogens with one attached hydrogen (secondary N) is 1. The molecule has 1 N–H and O–H groups in total. The van der Waals surface area contributed by atoms with E-state index in [0.29, 0.717) is 0 Å². The van der Waals surface area contributed by atoms with Crippen LogP contribution in [0.25, 0.3) is 0 Å². The summed E-state index contributed by atoms with van der Waals surface area (Å²) in [6.07, 6.45) is 1.04. The normalized spacial score (nSPS) is 12.4. The van der Waals surface area contributed by atoms with E-state index in [9.17, 15) is 4.39 Å². The zero-order valence-electron chi connectivity index (χ0n) is 12.7. The van der Waals surface area contributed by atoms with Crippen LogP contribution in [-0.4, -0.2) is 6.54 Å². The summed E-state index contributed by atoms with van der Waals surface area (Å²) in [6.45, 7) is 7.05. The third-order valence-electron chi connectivity index (χ3n) is 3.62. The Morgan fingerprint density at radius 3 is 2.62 bits per heavy atom. The van der Waals surface area contributed by atoms with E-state index >= 15 is 0 Å². The van der Waals surface area contributed by atoms with Crippen molar-refractivity contribution in [1.29, 1.82) is 0 Å². The van der Waals surface area contributed by atoms with Crippen LogP contribution in [0.5, 0.6) is 0 Å². The van der Waals surface area contributed by atoms with Crippen molar-refractivity contribution in [2.45, 2.75) is 33.2 Å². The number of hydrogen-bond donors (Lipinski definition) is 1. The molecule has 2 rings (SSSR count). The molecule has 0 saturated carbocycles. The standard InChI is InChI=1S/C18H21BrFN/c1-4-8-21-18(14-9-12(2)10-15(20)11-14)16-6-5-7-17(19)13(16)3/h5-7,9-11,18,21H,4,8H2,1-3H3. The van der Waals surface area contributed by atoms with Gasteiger partial charge in [0.1, 0.15) is 5.82 Å². The van der Waals surface area contributed by atoms with Gasteiger partial charge in [-0.05, 0) is 67.3 Å². The van der Waals surface area contributed by atoms with E-state index in [4.69, 9.17) is 0 Å². The molecule has 1 unspecified atom stereocenters. The maximum Gasteiger partial charge on any atom is 0.123 e. The molecule has 21 heavy (non-hydrogen) atoms. The number of hydrogen-bond acceptors (Lipinski definition) is 1. The van der Waals surface area contributed by atoms with Crippen LogP contribution in [0.4, 0.5) is 4.39 Å². The second kappa shape index (κ2) is 7.19. The lowest BCUT2D eigenvalue weighted by Gasteiger charge is -2.22. The Bertz CT molecular complexity index is 604. The van der Waals surface area contributed by atoms with E-state index in [1.54, 1.807) is 12.1 Å². The van der Waals surface area contributed by atoms with Crippen molar-refractivity contribution >= 4 is 15.9 Å². The summed E-state index contributed by atoms with van der Waals surface area (Å²) < 4.78 is 14.8. The minimum Gasteiger partial charge on any atom is -0.306 e. The van der Waals surface area contributed by atoms with Gasteiger partial charge < -0.3 is 5.32 Å². The van der Waals surface area contributed by atoms with E-state index in [0.717, 1.165) is 28.6 Å². The summed E-state index contributed by atoms with van der Waals surface area (Å²) in [7, 11) is 0. The summed E-state index contributed by atoms with van der Waals surface area (Å²) in [5, 5.41) is 3.54. The van der Waals surface area contributed by atoms with Crippen LogP contribution in [0.15, 0.2) is 40.9 Å². The Morgan fingerprint density at radius 1 is 1.19 bits per heavy atom. The van der Waals surface area contributed by atoms with Gasteiger partial charge in [-0.25, -0.2) is 4.39 Å². The molecule has 0 aliphatic carbocycles. The van der Waals surface area contributed by atoms with Crippen LogP contribution in [0.1, 0.15) is 41.6 Å². The van der Waals surface area contributed by atoms with Gasteiger partial charge in [-0.3, -0.25) is 0 Å². The molecule has 0 aliphatic heterocycles. The molecule has 1 atom stereocenters. The second-order valence-electron chi connectivity index (χ2n) is 5.40. The highest BCUT2D eigenvalue weighted by Gasteiger charge is 2.17. The molecule has 0 heterocycles. The van der Waals surface area contributed by atoms with E-state index in [1.807, 2.05) is 19.1 Å². The number of halogens is 2. The minimum atomic E-state index is -0.180. The fourth-order valence-electron chi connectivity index (χ4n) is 2.56. The Kier molecular flexibility index (Phi) is 5.54. The topological polar surface area (TPSA) is 12.0 Å². The molecular formula is C18H21BrFN. The van der Waals surface area contributed by atoms with Crippen molar-refractivity contribution in [3.8, 4) is 0 Å². The van der Waals surface area contributed by atoms with Gasteiger partial charge in [0.05, 0.1) is 6.04 Å². The van der Waals surface area contributed by atoms with Crippen LogP contribution < -0.4 is 5.32 Å². The molecule has 2 aromatic carbocycles. The zero-order valence-corrected chi connectivity index (χ0v) is 14.3. The average Bonchev–Trinajstić information content (AvgIpc) is 2.42. The van der Waals surface area contributed by atoms with Crippen molar-refractivity contribution < 1.29 is 4.39 Å². The predicted octanol–water partition coefficient (Wildman–Crippen LogP) is 5.29. The number of aryl methyl sites for hydroxylation is 1. The molecule has 0 fully saturated rings. The largest absolute Gasteiger partial charge is 0.306 e. The van der Waals surface area contributed by atoms with E-state index in [2.05, 4.69) is 47.2 Å². The highest BCUT2D eigenvalue weighted by atomic mass is 79.9. The Labute approximate surface area is 134 Å². The first kappa shape index (κ1) is 16.2. The first-order valence-corrected chi connectivity index (χ1v) is 8.07. The molecule has 1 nitrogen and oxygen atoms in total. The molecule has 0 saturated heterocycles. The smallest absolute Gasteiger partial charge is 0.123 e. The van der Waals surface area contributed by atoms with Gasteiger partial charge in [0.25, 0.3) is 0 Å². The summed E-state index contributed by atoms with van der Waals surface area (Å²) in [4.78, 5) is 0. The molecular weight excluding hydrogens is 329 g/mol. The van der Waals surface area contributed by atoms with Crippen molar-refractivity contribution in [2.24, 2.45) is 0 Å². The molecule has 0 amide bonds. The molecule has 0 aliphatic rings. The third kappa shape index (κ3) is 3.92. The number of benzene rings is 2. The second-order valence-corrected chi connectivity index (χ2v) is 6.26. The van der Waals surface area contributed by atoms with Crippen molar-refractivity contribution in [2.75, 3.05) is 6.54 Å². The van der Waals surface area contributed by atoms with Crippen molar-refractivity contribution in [1.82, 2.24) is 5.32 Å². The lowest BCUT2D eigenvalue weighted by atomic mass is 9.94. The molecule has 0 bridgehead atoms. The van der Waals surface area contributed by atoms with E-state index in [-0.39, 0.29) is 11.9 Å². The zero-order chi connectivity index (χ0) is 15.4. The predicted molar refractivity (Wildman–Crippen MR) is 90.2 cm³/mol. The Hall–Kier alpha value is -1.19. The lowest BCUT2D eigenvalue weighted by Crippen LogP contribution is -2.24. The van der Waals surface area contributed by atoms with Crippen molar-refractivity contribution in [3.05, 3.63) is 68.9 Å². The quantitative estimate of drug-likeness (QED) is 0.772. The van der Waals surface area contributed by atoms with E-state index < -0.39 is 0 Å². The Morgan fingerprint density at radius 2 is 1.95 bits per heavy atom. The summed E-state index contributed by atoms with van der Waals surface area (Å²) in [6, 6.07) is 11.4. The molecule has 3 heteroatoms. The van der Waals surface area contributed by atoms with Gasteiger partial charge in [-0.15, -0.1) is 0 Å². The summed E-state index contributed by atoms with van der Waals surface area (Å²) >= 11 is 3.58. The van der Waals surface area contributed by atoms with Gasteiger partial charge in [-0.2, -0.15) is 0 Å². The fraction of sp³-hybridized carbons (Fsp3) is 0.333. The van der Waals surface area contributed by atoms with Crippen LogP contribution in [0.3, 0.4) is 0 Å². The minimum absolute atomic E-state index is 0.0110. The molecule has 2 aromatic rings. The van der Waals surface area contributed by atoms with E-state index in [1.165, 1.54) is 11.1 Å². The monoisotopic (exact) mass is 349 g/mol.